The van der Waals surface area contributed by atoms with Gasteiger partial charge in [0.2, 0.25) is 0 Å². The molecule has 0 bridgehead atoms. The molecular formula is C17H24BrFIN7. The third kappa shape index (κ3) is 5.85. The van der Waals surface area contributed by atoms with Crippen molar-refractivity contribution in [3.8, 4) is 0 Å². The molecule has 2 heterocycles. The zero-order valence-electron chi connectivity index (χ0n) is 15.4. The monoisotopic (exact) mass is 551 g/mol. The number of rotatable bonds is 4. The summed E-state index contributed by atoms with van der Waals surface area (Å²) in [6.45, 7) is 4.89. The van der Waals surface area contributed by atoms with Gasteiger partial charge in [-0.25, -0.2) is 4.39 Å². The van der Waals surface area contributed by atoms with Gasteiger partial charge in [-0.3, -0.25) is 9.89 Å². The molecule has 3 rings (SSSR count). The van der Waals surface area contributed by atoms with Crippen molar-refractivity contribution in [1.82, 2.24) is 29.9 Å². The van der Waals surface area contributed by atoms with Gasteiger partial charge in [-0.05, 0) is 33.6 Å². The average Bonchev–Trinajstić information content (AvgIpc) is 3.05. The first kappa shape index (κ1) is 22.0. The lowest BCUT2D eigenvalue weighted by Crippen LogP contribution is -2.52. The summed E-state index contributed by atoms with van der Waals surface area (Å²) in [4.78, 5) is 8.93. The highest BCUT2D eigenvalue weighted by molar-refractivity contribution is 14.0. The first-order valence-electron chi connectivity index (χ1n) is 8.51. The number of aliphatic imine (C=N–C) groups is 1. The lowest BCUT2D eigenvalue weighted by molar-refractivity contribution is 0.172. The minimum Gasteiger partial charge on any atom is -0.349 e. The number of hydrogen-bond acceptors (Lipinski definition) is 4. The fraction of sp³-hybridized carbons (Fsp3) is 0.471. The normalized spacial score (nSPS) is 15.6. The molecule has 7 nitrogen and oxygen atoms in total. The Balaban J connectivity index is 0.00000261. The van der Waals surface area contributed by atoms with Crippen LogP contribution in [0.4, 0.5) is 4.39 Å². The molecule has 1 aliphatic rings. The number of guanidine groups is 1. The standard InChI is InChI=1S/C17H23BrFN7.HI/c1-20-17(21-10-16-23-22-12-24(16)2)26-7-5-25(6-8-26)11-13-3-4-14(18)15(19)9-13;/h3-4,9,12H,5-8,10-11H2,1-2H3,(H,20,21);1H. The van der Waals surface area contributed by atoms with E-state index in [9.17, 15) is 4.39 Å². The molecule has 2 aromatic rings. The lowest BCUT2D eigenvalue weighted by atomic mass is 10.2. The molecule has 27 heavy (non-hydrogen) atoms. The number of hydrogen-bond donors (Lipinski definition) is 1. The van der Waals surface area contributed by atoms with Gasteiger partial charge in [-0.2, -0.15) is 0 Å². The summed E-state index contributed by atoms with van der Waals surface area (Å²) < 4.78 is 16.1. The van der Waals surface area contributed by atoms with Crippen molar-refractivity contribution in [2.75, 3.05) is 33.2 Å². The molecule has 1 saturated heterocycles. The summed E-state index contributed by atoms with van der Waals surface area (Å²) in [6.07, 6.45) is 1.68. The van der Waals surface area contributed by atoms with Crippen LogP contribution in [0.1, 0.15) is 11.4 Å². The van der Waals surface area contributed by atoms with Gasteiger partial charge in [0.25, 0.3) is 0 Å². The SMILES string of the molecule is CN=C(NCc1nncn1C)N1CCN(Cc2ccc(Br)c(F)c2)CC1.I. The third-order valence-electron chi connectivity index (χ3n) is 4.48. The minimum atomic E-state index is -0.213. The topological polar surface area (TPSA) is 61.6 Å². The van der Waals surface area contributed by atoms with Crippen LogP contribution in [0.15, 0.2) is 34.0 Å². The van der Waals surface area contributed by atoms with Gasteiger partial charge < -0.3 is 14.8 Å². The second-order valence-electron chi connectivity index (χ2n) is 6.27. The Kier molecular flexibility index (Phi) is 8.42. The molecule has 148 valence electrons. The van der Waals surface area contributed by atoms with E-state index in [4.69, 9.17) is 0 Å². The molecule has 0 radical (unpaired) electrons. The molecule has 1 aromatic carbocycles. The van der Waals surface area contributed by atoms with Crippen molar-refractivity contribution in [2.24, 2.45) is 12.0 Å². The van der Waals surface area contributed by atoms with Gasteiger partial charge in [0.1, 0.15) is 12.1 Å². The zero-order valence-corrected chi connectivity index (χ0v) is 19.3. The Morgan fingerprint density at radius 2 is 2.04 bits per heavy atom. The predicted molar refractivity (Wildman–Crippen MR) is 118 cm³/mol. The van der Waals surface area contributed by atoms with Crippen molar-refractivity contribution in [1.29, 1.82) is 0 Å². The fourth-order valence-corrected chi connectivity index (χ4v) is 3.22. The maximum absolute atomic E-state index is 13.7. The number of nitrogens with one attached hydrogen (secondary N) is 1. The van der Waals surface area contributed by atoms with E-state index in [1.165, 1.54) is 0 Å². The number of halogens is 3. The second-order valence-corrected chi connectivity index (χ2v) is 7.12. The lowest BCUT2D eigenvalue weighted by Gasteiger charge is -2.36. The van der Waals surface area contributed by atoms with Crippen molar-refractivity contribution in [3.63, 3.8) is 0 Å². The molecule has 0 spiro atoms. The van der Waals surface area contributed by atoms with Crippen molar-refractivity contribution < 1.29 is 4.39 Å². The second kappa shape index (κ2) is 10.3. The number of piperazine rings is 1. The van der Waals surface area contributed by atoms with E-state index < -0.39 is 0 Å². The first-order chi connectivity index (χ1) is 12.6. The van der Waals surface area contributed by atoms with Crippen LogP contribution in [0, 0.1) is 5.82 Å². The van der Waals surface area contributed by atoms with Gasteiger partial charge in [0.05, 0.1) is 11.0 Å². The first-order valence-corrected chi connectivity index (χ1v) is 9.31. The molecule has 0 atom stereocenters. The zero-order chi connectivity index (χ0) is 18.5. The molecular weight excluding hydrogens is 528 g/mol. The predicted octanol–water partition coefficient (Wildman–Crippen LogP) is 2.23. The minimum absolute atomic E-state index is 0. The van der Waals surface area contributed by atoms with Crippen LogP contribution < -0.4 is 5.32 Å². The Labute approximate surface area is 184 Å². The van der Waals surface area contributed by atoms with E-state index in [0.717, 1.165) is 50.1 Å². The van der Waals surface area contributed by atoms with Crippen molar-refractivity contribution in [2.45, 2.75) is 13.1 Å². The maximum Gasteiger partial charge on any atom is 0.194 e. The van der Waals surface area contributed by atoms with Crippen LogP contribution in [-0.2, 0) is 20.1 Å². The molecule has 10 heteroatoms. The van der Waals surface area contributed by atoms with Crippen molar-refractivity contribution in [3.05, 3.63) is 46.2 Å². The number of benzene rings is 1. The summed E-state index contributed by atoms with van der Waals surface area (Å²) in [5, 5.41) is 11.3. The van der Waals surface area contributed by atoms with Crippen LogP contribution in [0.5, 0.6) is 0 Å². The molecule has 0 aliphatic carbocycles. The van der Waals surface area contributed by atoms with E-state index in [2.05, 4.69) is 46.2 Å². The van der Waals surface area contributed by atoms with Crippen LogP contribution in [0.25, 0.3) is 0 Å². The van der Waals surface area contributed by atoms with Crippen LogP contribution in [0.3, 0.4) is 0 Å². The Morgan fingerprint density at radius 1 is 1.30 bits per heavy atom. The summed E-state index contributed by atoms with van der Waals surface area (Å²) in [7, 11) is 3.71. The molecule has 1 aromatic heterocycles. The maximum atomic E-state index is 13.7. The molecule has 0 unspecified atom stereocenters. The van der Waals surface area contributed by atoms with E-state index >= 15 is 0 Å². The summed E-state index contributed by atoms with van der Waals surface area (Å²) in [5.41, 5.74) is 0.990. The van der Waals surface area contributed by atoms with E-state index in [1.54, 1.807) is 25.5 Å². The van der Waals surface area contributed by atoms with Gasteiger partial charge >= 0.3 is 0 Å². The Hall–Kier alpha value is -1.27. The molecule has 0 saturated carbocycles. The van der Waals surface area contributed by atoms with Crippen molar-refractivity contribution >= 4 is 45.9 Å². The van der Waals surface area contributed by atoms with Crippen LogP contribution in [-0.4, -0.2) is 63.8 Å². The third-order valence-corrected chi connectivity index (χ3v) is 5.13. The number of aryl methyl sites for hydroxylation is 1. The molecule has 1 N–H and O–H groups in total. The van der Waals surface area contributed by atoms with E-state index in [1.807, 2.05) is 17.7 Å². The van der Waals surface area contributed by atoms with Gasteiger partial charge in [-0.1, -0.05) is 6.07 Å². The highest BCUT2D eigenvalue weighted by Crippen LogP contribution is 2.18. The van der Waals surface area contributed by atoms with Gasteiger partial charge in [-0.15, -0.1) is 34.2 Å². The highest BCUT2D eigenvalue weighted by atomic mass is 127. The van der Waals surface area contributed by atoms with Crippen LogP contribution >= 0.6 is 39.9 Å². The summed E-state index contributed by atoms with van der Waals surface area (Å²) in [5.74, 6) is 1.51. The van der Waals surface area contributed by atoms with Crippen LogP contribution in [0.2, 0.25) is 0 Å². The smallest absolute Gasteiger partial charge is 0.194 e. The number of nitrogens with zero attached hydrogens (tertiary/aromatic N) is 6. The summed E-state index contributed by atoms with van der Waals surface area (Å²) >= 11 is 3.19. The average molecular weight is 552 g/mol. The Bertz CT molecular complexity index is 774. The Morgan fingerprint density at radius 3 is 2.63 bits per heavy atom. The van der Waals surface area contributed by atoms with E-state index in [0.29, 0.717) is 11.0 Å². The number of aromatic nitrogens is 3. The fourth-order valence-electron chi connectivity index (χ4n) is 2.97. The largest absolute Gasteiger partial charge is 0.349 e. The molecule has 0 amide bonds. The molecule has 1 fully saturated rings. The highest BCUT2D eigenvalue weighted by Gasteiger charge is 2.20. The van der Waals surface area contributed by atoms with E-state index in [-0.39, 0.29) is 29.8 Å². The van der Waals surface area contributed by atoms with Gasteiger partial charge in [0.15, 0.2) is 11.8 Å². The van der Waals surface area contributed by atoms with Gasteiger partial charge in [0, 0.05) is 46.8 Å². The molecule has 1 aliphatic heterocycles. The summed E-state index contributed by atoms with van der Waals surface area (Å²) in [6, 6.07) is 5.32. The quantitative estimate of drug-likeness (QED) is 0.359.